The van der Waals surface area contributed by atoms with Gasteiger partial charge in [-0.3, -0.25) is 4.68 Å². The van der Waals surface area contributed by atoms with Gasteiger partial charge in [-0.25, -0.2) is 0 Å². The molecule has 1 heterocycles. The number of rotatable bonds is 2. The Morgan fingerprint density at radius 2 is 2.55 bits per heavy atom. The summed E-state index contributed by atoms with van der Waals surface area (Å²) in [5.41, 5.74) is 1.13. The van der Waals surface area contributed by atoms with Crippen LogP contribution in [0.4, 0.5) is 0 Å². The number of nitrogens with zero attached hydrogens (tertiary/aromatic N) is 3. The highest BCUT2D eigenvalue weighted by atomic mass is 15.3. The largest absolute Gasteiger partial charge is 0.271 e. The Hall–Kier alpha value is -1.30. The van der Waals surface area contributed by atoms with Gasteiger partial charge < -0.3 is 0 Å². The lowest BCUT2D eigenvalue weighted by Crippen LogP contribution is -2.05. The van der Waals surface area contributed by atoms with Crippen LogP contribution >= 0.6 is 0 Å². The monoisotopic (exact) mass is 149 g/mol. The molecule has 0 saturated carbocycles. The van der Waals surface area contributed by atoms with E-state index in [1.54, 1.807) is 10.9 Å². The molecule has 0 amide bonds. The predicted molar refractivity (Wildman–Crippen MR) is 41.7 cm³/mol. The van der Waals surface area contributed by atoms with Crippen LogP contribution in [0.3, 0.4) is 0 Å². The minimum atomic E-state index is 0.0364. The van der Waals surface area contributed by atoms with Crippen molar-refractivity contribution >= 4 is 0 Å². The van der Waals surface area contributed by atoms with Crippen molar-refractivity contribution in [2.75, 3.05) is 0 Å². The van der Waals surface area contributed by atoms with Crippen LogP contribution in [0.15, 0.2) is 12.4 Å². The first-order chi connectivity index (χ1) is 5.22. The molecule has 0 radical (unpaired) electrons. The third kappa shape index (κ3) is 2.08. The summed E-state index contributed by atoms with van der Waals surface area (Å²) >= 11 is 0. The summed E-state index contributed by atoms with van der Waals surface area (Å²) in [6.45, 7) is 4.56. The summed E-state index contributed by atoms with van der Waals surface area (Å²) in [6, 6.07) is 2.16. The summed E-state index contributed by atoms with van der Waals surface area (Å²) in [4.78, 5) is 0. The lowest BCUT2D eigenvalue weighted by molar-refractivity contribution is 0.528. The van der Waals surface area contributed by atoms with Gasteiger partial charge in [0, 0.05) is 6.20 Å². The van der Waals surface area contributed by atoms with Gasteiger partial charge in [-0.15, -0.1) is 0 Å². The van der Waals surface area contributed by atoms with Crippen molar-refractivity contribution in [3.05, 3.63) is 18.0 Å². The second kappa shape index (κ2) is 3.20. The maximum Gasteiger partial charge on any atom is 0.0672 e. The molecular formula is C8H11N3. The molecule has 0 N–H and O–H groups in total. The van der Waals surface area contributed by atoms with Crippen LogP contribution in [0.2, 0.25) is 0 Å². The molecule has 0 aliphatic heterocycles. The van der Waals surface area contributed by atoms with Crippen LogP contribution in [0, 0.1) is 24.2 Å². The molecule has 0 saturated heterocycles. The number of hydrogen-bond donors (Lipinski definition) is 0. The van der Waals surface area contributed by atoms with E-state index in [1.807, 2.05) is 20.0 Å². The Kier molecular flexibility index (Phi) is 2.27. The highest BCUT2D eigenvalue weighted by molar-refractivity contribution is 4.99. The Labute approximate surface area is 66.3 Å². The van der Waals surface area contributed by atoms with E-state index in [-0.39, 0.29) is 5.92 Å². The summed E-state index contributed by atoms with van der Waals surface area (Å²) in [5, 5.41) is 12.6. The average Bonchev–Trinajstić information content (AvgIpc) is 2.35. The topological polar surface area (TPSA) is 41.6 Å². The van der Waals surface area contributed by atoms with Crippen LogP contribution in [0.1, 0.15) is 12.5 Å². The van der Waals surface area contributed by atoms with Gasteiger partial charge in [-0.2, -0.15) is 10.4 Å². The van der Waals surface area contributed by atoms with Crippen molar-refractivity contribution in [1.29, 1.82) is 5.26 Å². The zero-order chi connectivity index (χ0) is 8.27. The van der Waals surface area contributed by atoms with Crippen molar-refractivity contribution in [2.45, 2.75) is 20.4 Å². The lowest BCUT2D eigenvalue weighted by atomic mass is 10.2. The molecule has 1 aromatic heterocycles. The van der Waals surface area contributed by atoms with Crippen molar-refractivity contribution < 1.29 is 0 Å². The Morgan fingerprint density at radius 1 is 1.82 bits per heavy atom. The quantitative estimate of drug-likeness (QED) is 0.637. The molecule has 3 nitrogen and oxygen atoms in total. The van der Waals surface area contributed by atoms with E-state index in [0.717, 1.165) is 5.56 Å². The molecule has 0 spiro atoms. The third-order valence-corrected chi connectivity index (χ3v) is 1.44. The summed E-state index contributed by atoms with van der Waals surface area (Å²) < 4.78 is 1.79. The predicted octanol–water partition coefficient (Wildman–Crippen LogP) is 1.35. The molecule has 0 unspecified atom stereocenters. The molecule has 0 fully saturated rings. The van der Waals surface area contributed by atoms with E-state index < -0.39 is 0 Å². The molecular weight excluding hydrogens is 138 g/mol. The number of hydrogen-bond acceptors (Lipinski definition) is 2. The van der Waals surface area contributed by atoms with E-state index in [2.05, 4.69) is 11.2 Å². The fourth-order valence-electron chi connectivity index (χ4n) is 0.888. The van der Waals surface area contributed by atoms with E-state index in [0.29, 0.717) is 6.54 Å². The minimum Gasteiger partial charge on any atom is -0.271 e. The smallest absolute Gasteiger partial charge is 0.0672 e. The van der Waals surface area contributed by atoms with Gasteiger partial charge in [-0.05, 0) is 19.4 Å². The first kappa shape index (κ1) is 7.80. The Balaban J connectivity index is 2.59. The molecule has 11 heavy (non-hydrogen) atoms. The zero-order valence-electron chi connectivity index (χ0n) is 6.78. The van der Waals surface area contributed by atoms with Gasteiger partial charge in [-0.1, -0.05) is 0 Å². The second-order valence-electron chi connectivity index (χ2n) is 2.77. The minimum absolute atomic E-state index is 0.0364. The molecule has 1 aromatic rings. The van der Waals surface area contributed by atoms with Crippen molar-refractivity contribution in [2.24, 2.45) is 5.92 Å². The van der Waals surface area contributed by atoms with Gasteiger partial charge in [0.15, 0.2) is 0 Å². The summed E-state index contributed by atoms with van der Waals surface area (Å²) in [6.07, 6.45) is 3.73. The van der Waals surface area contributed by atoms with Gasteiger partial charge >= 0.3 is 0 Å². The highest BCUT2D eigenvalue weighted by Gasteiger charge is 2.00. The molecule has 1 atom stereocenters. The van der Waals surface area contributed by atoms with E-state index in [1.165, 1.54) is 0 Å². The maximum absolute atomic E-state index is 8.51. The first-order valence-electron chi connectivity index (χ1n) is 3.61. The van der Waals surface area contributed by atoms with Gasteiger partial charge in [0.1, 0.15) is 0 Å². The van der Waals surface area contributed by atoms with E-state index in [9.17, 15) is 0 Å². The highest BCUT2D eigenvalue weighted by Crippen LogP contribution is 1.99. The van der Waals surface area contributed by atoms with Gasteiger partial charge in [0.25, 0.3) is 0 Å². The number of aromatic nitrogens is 2. The normalized spacial score (nSPS) is 12.5. The van der Waals surface area contributed by atoms with Crippen LogP contribution in [-0.2, 0) is 6.54 Å². The Morgan fingerprint density at radius 3 is 3.00 bits per heavy atom. The Bertz CT molecular complexity index is 269. The number of nitriles is 1. The molecule has 0 aliphatic carbocycles. The standard InChI is InChI=1S/C8H11N3/c1-7(3-9)5-11-6-8(2)4-10-11/h4,6-7H,5H2,1-2H3/t7-/m0/s1. The van der Waals surface area contributed by atoms with Crippen LogP contribution in [-0.4, -0.2) is 9.78 Å². The van der Waals surface area contributed by atoms with Crippen molar-refractivity contribution in [1.82, 2.24) is 9.78 Å². The summed E-state index contributed by atoms with van der Waals surface area (Å²) in [5.74, 6) is 0.0364. The van der Waals surface area contributed by atoms with Crippen LogP contribution < -0.4 is 0 Å². The van der Waals surface area contributed by atoms with Gasteiger partial charge in [0.2, 0.25) is 0 Å². The number of aryl methyl sites for hydroxylation is 1. The van der Waals surface area contributed by atoms with Crippen LogP contribution in [0.25, 0.3) is 0 Å². The SMILES string of the molecule is Cc1cnn(C[C@@H](C)C#N)c1. The molecule has 58 valence electrons. The third-order valence-electron chi connectivity index (χ3n) is 1.44. The van der Waals surface area contributed by atoms with Crippen LogP contribution in [0.5, 0.6) is 0 Å². The molecule has 3 heteroatoms. The van der Waals surface area contributed by atoms with E-state index in [4.69, 9.17) is 5.26 Å². The molecule has 0 aliphatic rings. The fraction of sp³-hybridized carbons (Fsp3) is 0.500. The van der Waals surface area contributed by atoms with Gasteiger partial charge in [0.05, 0.1) is 24.7 Å². The van der Waals surface area contributed by atoms with Crippen molar-refractivity contribution in [3.8, 4) is 6.07 Å². The lowest BCUT2D eigenvalue weighted by Gasteiger charge is -2.00. The van der Waals surface area contributed by atoms with E-state index >= 15 is 0 Å². The second-order valence-corrected chi connectivity index (χ2v) is 2.77. The zero-order valence-corrected chi connectivity index (χ0v) is 6.78. The first-order valence-corrected chi connectivity index (χ1v) is 3.61. The summed E-state index contributed by atoms with van der Waals surface area (Å²) in [7, 11) is 0. The molecule has 1 rings (SSSR count). The fourth-order valence-corrected chi connectivity index (χ4v) is 0.888. The average molecular weight is 149 g/mol. The maximum atomic E-state index is 8.51. The van der Waals surface area contributed by atoms with Crippen molar-refractivity contribution in [3.63, 3.8) is 0 Å². The molecule has 0 bridgehead atoms. The molecule has 0 aromatic carbocycles.